The van der Waals surface area contributed by atoms with Crippen molar-refractivity contribution in [2.75, 3.05) is 5.32 Å². The largest absolute Gasteiger partial charge is 0.365 e. The zero-order valence-corrected chi connectivity index (χ0v) is 18.3. The number of rotatable bonds is 5. The first-order valence-electron chi connectivity index (χ1n) is 10.2. The zero-order valence-electron chi connectivity index (χ0n) is 17.5. The third-order valence-corrected chi connectivity index (χ3v) is 6.94. The van der Waals surface area contributed by atoms with E-state index in [9.17, 15) is 9.59 Å². The fourth-order valence-electron chi connectivity index (χ4n) is 4.20. The summed E-state index contributed by atoms with van der Waals surface area (Å²) >= 11 is 1.48. The Hall–Kier alpha value is -2.93. The number of nitrogens with one attached hydrogen (secondary N) is 1. The number of benzene rings is 1. The quantitative estimate of drug-likeness (QED) is 0.649. The molecule has 7 heteroatoms. The second kappa shape index (κ2) is 8.07. The summed E-state index contributed by atoms with van der Waals surface area (Å²) < 4.78 is 1.84. The fraction of sp³-hybridized carbons (Fsp3) is 0.348. The molecule has 1 atom stereocenters. The minimum atomic E-state index is -0.481. The Kier molecular flexibility index (Phi) is 5.47. The molecule has 0 radical (unpaired) electrons. The van der Waals surface area contributed by atoms with Crippen LogP contribution in [0.1, 0.15) is 61.5 Å². The predicted molar refractivity (Wildman–Crippen MR) is 119 cm³/mol. The summed E-state index contributed by atoms with van der Waals surface area (Å²) in [5.41, 5.74) is 10.3. The average molecular weight is 423 g/mol. The lowest BCUT2D eigenvalue weighted by atomic mass is 9.88. The number of aryl methyl sites for hydroxylation is 1. The first-order valence-corrected chi connectivity index (χ1v) is 11.0. The third-order valence-electron chi connectivity index (χ3n) is 5.77. The SMILES string of the molecule is Cc1nn(Cc2ccccc2)c(C)c1C(=O)Nc1sc2c(c1C(N)=O)CCC(C)C2. The van der Waals surface area contributed by atoms with Crippen LogP contribution in [0.3, 0.4) is 0 Å². The van der Waals surface area contributed by atoms with E-state index >= 15 is 0 Å². The third kappa shape index (κ3) is 3.77. The molecular formula is C23H26N4O2S. The van der Waals surface area contributed by atoms with Crippen molar-refractivity contribution in [1.82, 2.24) is 9.78 Å². The highest BCUT2D eigenvalue weighted by molar-refractivity contribution is 7.17. The molecule has 6 nitrogen and oxygen atoms in total. The van der Waals surface area contributed by atoms with E-state index in [0.717, 1.165) is 41.0 Å². The summed E-state index contributed by atoms with van der Waals surface area (Å²) in [6, 6.07) is 10.0. The van der Waals surface area contributed by atoms with Crippen LogP contribution in [0, 0.1) is 19.8 Å². The predicted octanol–water partition coefficient (Wildman–Crippen LogP) is 4.09. The van der Waals surface area contributed by atoms with Crippen molar-refractivity contribution in [2.24, 2.45) is 11.7 Å². The molecule has 3 aromatic rings. The molecule has 1 aromatic carbocycles. The smallest absolute Gasteiger partial charge is 0.260 e. The van der Waals surface area contributed by atoms with Crippen LogP contribution in [0.4, 0.5) is 5.00 Å². The Morgan fingerprint density at radius 1 is 1.23 bits per heavy atom. The van der Waals surface area contributed by atoms with Gasteiger partial charge in [0.15, 0.2) is 0 Å². The fourth-order valence-corrected chi connectivity index (χ4v) is 5.61. The topological polar surface area (TPSA) is 90.0 Å². The number of hydrogen-bond acceptors (Lipinski definition) is 4. The van der Waals surface area contributed by atoms with Crippen molar-refractivity contribution in [2.45, 2.75) is 46.6 Å². The number of thiophene rings is 1. The molecule has 1 unspecified atom stereocenters. The average Bonchev–Trinajstić information content (AvgIpc) is 3.18. The van der Waals surface area contributed by atoms with E-state index in [1.807, 2.05) is 48.9 Å². The number of aromatic nitrogens is 2. The van der Waals surface area contributed by atoms with Gasteiger partial charge in [-0.2, -0.15) is 5.10 Å². The van der Waals surface area contributed by atoms with Crippen molar-refractivity contribution in [3.63, 3.8) is 0 Å². The van der Waals surface area contributed by atoms with Crippen LogP contribution in [0.2, 0.25) is 0 Å². The van der Waals surface area contributed by atoms with Crippen LogP contribution < -0.4 is 11.1 Å². The molecule has 156 valence electrons. The van der Waals surface area contributed by atoms with Gasteiger partial charge in [0.1, 0.15) is 5.00 Å². The highest BCUT2D eigenvalue weighted by Gasteiger charge is 2.28. The van der Waals surface area contributed by atoms with Crippen molar-refractivity contribution < 1.29 is 9.59 Å². The van der Waals surface area contributed by atoms with Gasteiger partial charge in [0.25, 0.3) is 11.8 Å². The van der Waals surface area contributed by atoms with E-state index in [2.05, 4.69) is 17.3 Å². The van der Waals surface area contributed by atoms with Gasteiger partial charge in [0.05, 0.1) is 23.4 Å². The van der Waals surface area contributed by atoms with Gasteiger partial charge in [-0.1, -0.05) is 37.3 Å². The van der Waals surface area contributed by atoms with Crippen LogP contribution >= 0.6 is 11.3 Å². The highest BCUT2D eigenvalue weighted by Crippen LogP contribution is 2.39. The minimum absolute atomic E-state index is 0.251. The molecule has 0 saturated carbocycles. The number of anilines is 1. The number of amides is 2. The van der Waals surface area contributed by atoms with Crippen molar-refractivity contribution >= 4 is 28.2 Å². The van der Waals surface area contributed by atoms with Gasteiger partial charge >= 0.3 is 0 Å². The summed E-state index contributed by atoms with van der Waals surface area (Å²) in [5, 5.41) is 8.09. The van der Waals surface area contributed by atoms with Crippen LogP contribution in [0.5, 0.6) is 0 Å². The molecule has 3 N–H and O–H groups in total. The number of nitrogens with zero attached hydrogens (tertiary/aromatic N) is 2. The number of carbonyl (C=O) groups excluding carboxylic acids is 2. The lowest BCUT2D eigenvalue weighted by molar-refractivity contribution is 0.1000. The molecule has 2 aromatic heterocycles. The lowest BCUT2D eigenvalue weighted by Gasteiger charge is -2.18. The van der Waals surface area contributed by atoms with E-state index < -0.39 is 5.91 Å². The summed E-state index contributed by atoms with van der Waals surface area (Å²) in [6.45, 7) is 6.53. The first-order chi connectivity index (χ1) is 14.3. The Morgan fingerprint density at radius 2 is 1.97 bits per heavy atom. The van der Waals surface area contributed by atoms with E-state index in [1.165, 1.54) is 11.3 Å². The second-order valence-electron chi connectivity index (χ2n) is 8.06. The van der Waals surface area contributed by atoms with Crippen molar-refractivity contribution in [3.8, 4) is 0 Å². The maximum atomic E-state index is 13.2. The monoisotopic (exact) mass is 422 g/mol. The van der Waals surface area contributed by atoms with E-state index in [-0.39, 0.29) is 5.91 Å². The molecule has 4 rings (SSSR count). The van der Waals surface area contributed by atoms with E-state index in [1.54, 1.807) is 0 Å². The molecule has 0 aliphatic heterocycles. The Morgan fingerprint density at radius 3 is 2.67 bits per heavy atom. The molecule has 0 bridgehead atoms. The Balaban J connectivity index is 1.63. The molecule has 2 heterocycles. The molecule has 30 heavy (non-hydrogen) atoms. The normalized spacial score (nSPS) is 15.6. The minimum Gasteiger partial charge on any atom is -0.365 e. The standard InChI is InChI=1S/C23H26N4O2S/c1-13-9-10-17-18(11-13)30-23(20(17)21(24)28)25-22(29)19-14(2)26-27(15(19)3)12-16-7-5-4-6-8-16/h4-8,13H,9-12H2,1-3H3,(H2,24,28)(H,25,29). The molecule has 0 fully saturated rings. The first kappa shape index (κ1) is 20.3. The zero-order chi connectivity index (χ0) is 21.4. The van der Waals surface area contributed by atoms with E-state index in [4.69, 9.17) is 5.73 Å². The van der Waals surface area contributed by atoms with E-state index in [0.29, 0.717) is 34.3 Å². The number of hydrogen-bond donors (Lipinski definition) is 2. The van der Waals surface area contributed by atoms with Crippen LogP contribution in [0.25, 0.3) is 0 Å². The number of carbonyl (C=O) groups is 2. The van der Waals surface area contributed by atoms with Crippen molar-refractivity contribution in [1.29, 1.82) is 0 Å². The van der Waals surface area contributed by atoms with Gasteiger partial charge in [0.2, 0.25) is 0 Å². The molecular weight excluding hydrogens is 396 g/mol. The van der Waals surface area contributed by atoms with Crippen LogP contribution in [-0.2, 0) is 19.4 Å². The molecule has 1 aliphatic carbocycles. The summed E-state index contributed by atoms with van der Waals surface area (Å²) in [6.07, 6.45) is 2.78. The molecule has 0 saturated heterocycles. The van der Waals surface area contributed by atoms with Crippen LogP contribution in [0.15, 0.2) is 30.3 Å². The molecule has 0 spiro atoms. The number of fused-ring (bicyclic) bond motifs is 1. The van der Waals surface area contributed by atoms with Gasteiger partial charge < -0.3 is 11.1 Å². The second-order valence-corrected chi connectivity index (χ2v) is 9.17. The van der Waals surface area contributed by atoms with Crippen molar-refractivity contribution in [3.05, 3.63) is 68.9 Å². The van der Waals surface area contributed by atoms with Gasteiger partial charge in [-0.15, -0.1) is 11.3 Å². The van der Waals surface area contributed by atoms with Crippen LogP contribution in [-0.4, -0.2) is 21.6 Å². The maximum Gasteiger partial charge on any atom is 0.260 e. The highest BCUT2D eigenvalue weighted by atomic mass is 32.1. The lowest BCUT2D eigenvalue weighted by Crippen LogP contribution is -2.20. The summed E-state index contributed by atoms with van der Waals surface area (Å²) in [5.74, 6) is -0.162. The maximum absolute atomic E-state index is 13.2. The van der Waals surface area contributed by atoms with Gasteiger partial charge in [-0.05, 0) is 50.2 Å². The Labute approximate surface area is 180 Å². The Bertz CT molecular complexity index is 1110. The number of primary amides is 1. The van der Waals surface area contributed by atoms with Gasteiger partial charge in [-0.25, -0.2) is 0 Å². The van der Waals surface area contributed by atoms with Gasteiger partial charge in [0, 0.05) is 10.6 Å². The molecule has 2 amide bonds. The summed E-state index contributed by atoms with van der Waals surface area (Å²) in [4.78, 5) is 26.5. The summed E-state index contributed by atoms with van der Waals surface area (Å²) in [7, 11) is 0. The molecule has 1 aliphatic rings. The number of nitrogens with two attached hydrogens (primary N) is 1. The van der Waals surface area contributed by atoms with Gasteiger partial charge in [-0.3, -0.25) is 14.3 Å².